The van der Waals surface area contributed by atoms with Crippen LogP contribution < -0.4 is 0 Å². The number of alkyl halides is 6. The number of nitrogens with zero attached hydrogens (tertiary/aromatic N) is 4. The molecule has 0 aliphatic carbocycles. The van der Waals surface area contributed by atoms with Crippen LogP contribution in [0.25, 0.3) is 0 Å². The van der Waals surface area contributed by atoms with E-state index in [1.54, 1.807) is 0 Å². The SMILES string of the molecule is O=C1N=NC(CN2[C@H]3CC[C@@H](OCc4cc(C(F)(F)F)cc(C(F)(F)F)c4)[C@]2(c2ccccc2)CC3)=N1. The molecule has 37 heavy (non-hydrogen) atoms. The first-order valence-electron chi connectivity index (χ1n) is 11.7. The molecule has 0 saturated carbocycles. The van der Waals surface area contributed by atoms with Gasteiger partial charge >= 0.3 is 18.4 Å². The summed E-state index contributed by atoms with van der Waals surface area (Å²) in [5.41, 5.74) is -2.78. The minimum absolute atomic E-state index is 0.108. The summed E-state index contributed by atoms with van der Waals surface area (Å²) >= 11 is 0. The van der Waals surface area contributed by atoms with E-state index in [4.69, 9.17) is 4.74 Å². The number of benzene rings is 2. The van der Waals surface area contributed by atoms with Crippen molar-refractivity contribution >= 4 is 11.9 Å². The highest BCUT2D eigenvalue weighted by Crippen LogP contribution is 2.52. The Labute approximate surface area is 208 Å². The molecule has 0 unspecified atom stereocenters. The van der Waals surface area contributed by atoms with Crippen molar-refractivity contribution in [3.05, 3.63) is 70.8 Å². The van der Waals surface area contributed by atoms with Gasteiger partial charge in [-0.2, -0.15) is 31.3 Å². The summed E-state index contributed by atoms with van der Waals surface area (Å²) in [7, 11) is 0. The molecule has 196 valence electrons. The lowest BCUT2D eigenvalue weighted by Gasteiger charge is -2.49. The number of carbonyl (C=O) groups excluding carboxylic acids is 1. The molecule has 0 spiro atoms. The maximum absolute atomic E-state index is 13.3. The number of hydrogen-bond donors (Lipinski definition) is 0. The zero-order valence-electron chi connectivity index (χ0n) is 19.4. The van der Waals surface area contributed by atoms with Crippen LogP contribution in [-0.4, -0.2) is 35.5 Å². The lowest BCUT2D eigenvalue weighted by Crippen LogP contribution is -2.58. The van der Waals surface area contributed by atoms with Crippen LogP contribution in [0.4, 0.5) is 31.1 Å². The van der Waals surface area contributed by atoms with Crippen molar-refractivity contribution in [1.29, 1.82) is 0 Å². The fraction of sp³-hybridized carbons (Fsp3) is 0.440. The topological polar surface area (TPSA) is 66.6 Å². The molecule has 2 amide bonds. The number of ether oxygens (including phenoxy) is 1. The standard InChI is InChI=1S/C25H22F6N4O2/c26-24(27,28)17-10-15(11-18(12-17)25(29,30)31)14-37-20-7-6-19-8-9-23(20,16-4-2-1-3-5-16)35(19)13-21-32-22(36)34-33-21/h1-5,10-12,19-20H,6-9,13-14H2/t19-,20+,23+/m0/s1. The highest BCUT2D eigenvalue weighted by molar-refractivity contribution is 5.99. The maximum Gasteiger partial charge on any atom is 0.416 e. The van der Waals surface area contributed by atoms with Gasteiger partial charge in [0.2, 0.25) is 0 Å². The van der Waals surface area contributed by atoms with Gasteiger partial charge in [0.05, 0.1) is 35.9 Å². The van der Waals surface area contributed by atoms with E-state index in [-0.39, 0.29) is 30.1 Å². The van der Waals surface area contributed by atoms with Gasteiger partial charge < -0.3 is 4.74 Å². The highest BCUT2D eigenvalue weighted by atomic mass is 19.4. The zero-order chi connectivity index (χ0) is 26.4. The van der Waals surface area contributed by atoms with Crippen molar-refractivity contribution in [2.24, 2.45) is 15.2 Å². The molecule has 3 heterocycles. The number of halogens is 6. The van der Waals surface area contributed by atoms with E-state index in [1.807, 2.05) is 30.3 Å². The van der Waals surface area contributed by atoms with E-state index < -0.39 is 47.8 Å². The van der Waals surface area contributed by atoms with Gasteiger partial charge in [0.25, 0.3) is 0 Å². The van der Waals surface area contributed by atoms with Gasteiger partial charge in [-0.25, -0.2) is 4.79 Å². The number of amides is 2. The van der Waals surface area contributed by atoms with Crippen LogP contribution in [-0.2, 0) is 29.2 Å². The first kappa shape index (κ1) is 25.5. The van der Waals surface area contributed by atoms with Crippen molar-refractivity contribution in [2.45, 2.75) is 62.3 Å². The molecule has 3 aliphatic heterocycles. The Morgan fingerprint density at radius 1 is 0.919 bits per heavy atom. The van der Waals surface area contributed by atoms with Gasteiger partial charge in [0.1, 0.15) is 0 Å². The van der Waals surface area contributed by atoms with E-state index in [0.29, 0.717) is 31.4 Å². The average Bonchev–Trinajstić information content (AvgIpc) is 3.36. The van der Waals surface area contributed by atoms with Gasteiger partial charge in [0.15, 0.2) is 5.84 Å². The highest BCUT2D eigenvalue weighted by Gasteiger charge is 2.56. The Hall–Kier alpha value is -3.12. The Bertz CT molecular complexity index is 1210. The molecule has 2 aromatic carbocycles. The molecule has 2 bridgehead atoms. The molecular formula is C25H22F6N4O2. The molecule has 2 saturated heterocycles. The van der Waals surface area contributed by atoms with E-state index in [2.05, 4.69) is 20.1 Å². The predicted molar refractivity (Wildman–Crippen MR) is 120 cm³/mol. The molecule has 2 aromatic rings. The molecule has 0 N–H and O–H groups in total. The lowest BCUT2D eigenvalue weighted by atomic mass is 9.78. The third-order valence-corrected chi connectivity index (χ3v) is 7.27. The van der Waals surface area contributed by atoms with E-state index >= 15 is 0 Å². The quantitative estimate of drug-likeness (QED) is 0.393. The Morgan fingerprint density at radius 3 is 2.19 bits per heavy atom. The van der Waals surface area contributed by atoms with Crippen LogP contribution in [0, 0.1) is 0 Å². The second kappa shape index (κ2) is 9.32. The van der Waals surface area contributed by atoms with Crippen molar-refractivity contribution in [3.8, 4) is 0 Å². The summed E-state index contributed by atoms with van der Waals surface area (Å²) in [5.74, 6) is 0.255. The smallest absolute Gasteiger partial charge is 0.371 e. The summed E-state index contributed by atoms with van der Waals surface area (Å²) in [6.07, 6.45) is -7.68. The molecule has 6 nitrogen and oxygen atoms in total. The van der Waals surface area contributed by atoms with Gasteiger partial charge in [-0.05, 0) is 55.0 Å². The van der Waals surface area contributed by atoms with Crippen LogP contribution in [0.5, 0.6) is 0 Å². The van der Waals surface area contributed by atoms with E-state index in [9.17, 15) is 31.1 Å². The maximum atomic E-state index is 13.3. The molecule has 3 aliphatic rings. The molecule has 3 atom stereocenters. The summed E-state index contributed by atoms with van der Waals surface area (Å²) in [6, 6.07) is 10.4. The summed E-state index contributed by atoms with van der Waals surface area (Å²) in [4.78, 5) is 17.5. The van der Waals surface area contributed by atoms with Crippen molar-refractivity contribution in [1.82, 2.24) is 4.90 Å². The van der Waals surface area contributed by atoms with Crippen LogP contribution in [0.3, 0.4) is 0 Å². The van der Waals surface area contributed by atoms with Crippen molar-refractivity contribution < 1.29 is 35.9 Å². The fourth-order valence-corrected chi connectivity index (χ4v) is 5.73. The van der Waals surface area contributed by atoms with Crippen LogP contribution in [0.15, 0.2) is 63.8 Å². The van der Waals surface area contributed by atoms with Crippen molar-refractivity contribution in [3.63, 3.8) is 0 Å². The monoisotopic (exact) mass is 524 g/mol. The largest absolute Gasteiger partial charge is 0.416 e. The third kappa shape index (κ3) is 4.91. The first-order chi connectivity index (χ1) is 17.5. The summed E-state index contributed by atoms with van der Waals surface area (Å²) < 4.78 is 86.2. The number of hydrogen-bond acceptors (Lipinski definition) is 4. The number of fused-ring (bicyclic) bond motifs is 2. The number of rotatable bonds is 6. The Balaban J connectivity index is 1.48. The van der Waals surface area contributed by atoms with Crippen LogP contribution in [0.2, 0.25) is 0 Å². The fourth-order valence-electron chi connectivity index (χ4n) is 5.73. The van der Waals surface area contributed by atoms with Crippen LogP contribution >= 0.6 is 0 Å². The second-order valence-corrected chi connectivity index (χ2v) is 9.41. The number of amidine groups is 1. The van der Waals surface area contributed by atoms with Gasteiger partial charge in [-0.3, -0.25) is 4.90 Å². The van der Waals surface area contributed by atoms with Crippen molar-refractivity contribution in [2.75, 3.05) is 6.54 Å². The predicted octanol–water partition coefficient (Wildman–Crippen LogP) is 6.75. The third-order valence-electron chi connectivity index (χ3n) is 7.27. The Kier molecular flexibility index (Phi) is 6.43. The lowest BCUT2D eigenvalue weighted by molar-refractivity contribution is -0.143. The van der Waals surface area contributed by atoms with Crippen LogP contribution in [0.1, 0.15) is 47.9 Å². The normalized spacial score (nSPS) is 26.1. The average molecular weight is 524 g/mol. The minimum Gasteiger partial charge on any atom is -0.371 e. The summed E-state index contributed by atoms with van der Waals surface area (Å²) in [6.45, 7) is -0.208. The number of urea groups is 1. The van der Waals surface area contributed by atoms with E-state index in [0.717, 1.165) is 12.0 Å². The number of carbonyl (C=O) groups is 1. The summed E-state index contributed by atoms with van der Waals surface area (Å²) in [5, 5.41) is 7.29. The molecule has 2 fully saturated rings. The van der Waals surface area contributed by atoms with Gasteiger partial charge in [-0.1, -0.05) is 35.4 Å². The number of piperidine rings is 1. The molecule has 0 radical (unpaired) electrons. The zero-order valence-corrected chi connectivity index (χ0v) is 19.4. The molecule has 0 aromatic heterocycles. The Morgan fingerprint density at radius 2 is 1.59 bits per heavy atom. The number of aliphatic imine (C=N–C) groups is 1. The minimum atomic E-state index is -4.93. The number of azo groups is 1. The van der Waals surface area contributed by atoms with Gasteiger partial charge in [0, 0.05) is 6.04 Å². The van der Waals surface area contributed by atoms with Gasteiger partial charge in [-0.15, -0.1) is 5.11 Å². The second-order valence-electron chi connectivity index (χ2n) is 9.41. The molecule has 5 rings (SSSR count). The van der Waals surface area contributed by atoms with E-state index in [1.165, 1.54) is 0 Å². The first-order valence-corrected chi connectivity index (χ1v) is 11.7. The molecular weight excluding hydrogens is 502 g/mol. The molecule has 12 heteroatoms.